The van der Waals surface area contributed by atoms with E-state index in [4.69, 9.17) is 4.74 Å². The molecule has 4 heteroatoms. The van der Waals surface area contributed by atoms with Crippen molar-refractivity contribution >= 4 is 5.91 Å². The largest absolute Gasteiger partial charge is 0.494 e. The van der Waals surface area contributed by atoms with Crippen molar-refractivity contribution in [1.82, 2.24) is 4.90 Å². The van der Waals surface area contributed by atoms with E-state index in [1.807, 2.05) is 49.9 Å². The fourth-order valence-corrected chi connectivity index (χ4v) is 2.82. The van der Waals surface area contributed by atoms with Gasteiger partial charge in [0.25, 0.3) is 0 Å². The summed E-state index contributed by atoms with van der Waals surface area (Å²) in [6, 6.07) is 7.88. The van der Waals surface area contributed by atoms with E-state index in [2.05, 4.69) is 0 Å². The van der Waals surface area contributed by atoms with Crippen LogP contribution in [0.15, 0.2) is 24.3 Å². The maximum absolute atomic E-state index is 12.3. The van der Waals surface area contributed by atoms with Crippen LogP contribution < -0.4 is 4.74 Å². The van der Waals surface area contributed by atoms with E-state index < -0.39 is 11.6 Å². The molecule has 1 atom stereocenters. The molecule has 0 aromatic heterocycles. The van der Waals surface area contributed by atoms with Crippen molar-refractivity contribution < 1.29 is 14.6 Å². The van der Waals surface area contributed by atoms with Gasteiger partial charge in [-0.2, -0.15) is 0 Å². The fraction of sp³-hybridized carbons (Fsp3) is 0.588. The minimum absolute atomic E-state index is 0.116. The van der Waals surface area contributed by atoms with E-state index in [1.54, 1.807) is 0 Å². The lowest BCUT2D eigenvalue weighted by Crippen LogP contribution is -2.48. The number of aliphatic hydroxyl groups excluding tert-OH is 1. The normalized spacial score (nSPS) is 20.6. The number of carbonyl (C=O) groups excluding carboxylic acids is 1. The maximum Gasteiger partial charge on any atom is 0.223 e. The van der Waals surface area contributed by atoms with Gasteiger partial charge in [0.1, 0.15) is 5.75 Å². The molecule has 0 aliphatic carbocycles. The van der Waals surface area contributed by atoms with Crippen LogP contribution in [0.2, 0.25) is 0 Å². The molecule has 1 aromatic rings. The quantitative estimate of drug-likeness (QED) is 0.906. The molecule has 21 heavy (non-hydrogen) atoms. The van der Waals surface area contributed by atoms with Gasteiger partial charge in [-0.05, 0) is 51.3 Å². The van der Waals surface area contributed by atoms with Crippen LogP contribution >= 0.6 is 0 Å². The molecule has 1 saturated heterocycles. The van der Waals surface area contributed by atoms with Crippen molar-refractivity contribution in [2.75, 3.05) is 13.2 Å². The van der Waals surface area contributed by atoms with Gasteiger partial charge in [-0.15, -0.1) is 0 Å². The first-order chi connectivity index (χ1) is 9.95. The summed E-state index contributed by atoms with van der Waals surface area (Å²) in [5, 5.41) is 9.93. The Bertz CT molecular complexity index is 481. The zero-order valence-corrected chi connectivity index (χ0v) is 13.1. The summed E-state index contributed by atoms with van der Waals surface area (Å²) in [5.41, 5.74) is 0.681. The number of amides is 1. The first-order valence-electron chi connectivity index (χ1n) is 7.65. The Morgan fingerprint density at radius 3 is 2.57 bits per heavy atom. The lowest BCUT2D eigenvalue weighted by molar-refractivity contribution is -0.136. The van der Waals surface area contributed by atoms with Crippen molar-refractivity contribution in [2.24, 2.45) is 0 Å². The van der Waals surface area contributed by atoms with Crippen LogP contribution in [-0.4, -0.2) is 40.7 Å². The Balaban J connectivity index is 1.89. The average molecular weight is 291 g/mol. The first kappa shape index (κ1) is 15.8. The lowest BCUT2D eigenvalue weighted by Gasteiger charge is -2.33. The number of hydrogen-bond donors (Lipinski definition) is 1. The molecule has 1 fully saturated rings. The monoisotopic (exact) mass is 291 g/mol. The van der Waals surface area contributed by atoms with Crippen LogP contribution in [-0.2, 0) is 11.2 Å². The van der Waals surface area contributed by atoms with Crippen molar-refractivity contribution in [3.8, 4) is 5.75 Å². The molecule has 1 unspecified atom stereocenters. The summed E-state index contributed by atoms with van der Waals surface area (Å²) >= 11 is 0. The lowest BCUT2D eigenvalue weighted by atomic mass is 9.98. The summed E-state index contributed by atoms with van der Waals surface area (Å²) in [6.07, 6.45) is 1.44. The van der Waals surface area contributed by atoms with Crippen LogP contribution in [0, 0.1) is 0 Å². The third-order valence-electron chi connectivity index (χ3n) is 4.30. The molecular weight excluding hydrogens is 266 g/mol. The van der Waals surface area contributed by atoms with Crippen LogP contribution in [0.4, 0.5) is 0 Å². The number of nitrogens with zero attached hydrogens (tertiary/aromatic N) is 1. The minimum Gasteiger partial charge on any atom is -0.494 e. The number of benzene rings is 1. The standard InChI is InChI=1S/C17H25NO3/c1-4-21-14-8-5-13(6-9-14)7-10-16(20)18-12-11-15(19)17(18,2)3/h5-6,8-9,15,19H,4,7,10-12H2,1-3H3. The highest BCUT2D eigenvalue weighted by Gasteiger charge is 2.42. The zero-order chi connectivity index (χ0) is 15.5. The van der Waals surface area contributed by atoms with Crippen molar-refractivity contribution in [1.29, 1.82) is 0 Å². The Morgan fingerprint density at radius 2 is 2.05 bits per heavy atom. The number of hydrogen-bond acceptors (Lipinski definition) is 3. The highest BCUT2D eigenvalue weighted by molar-refractivity contribution is 5.77. The van der Waals surface area contributed by atoms with Crippen LogP contribution in [0.1, 0.15) is 39.2 Å². The van der Waals surface area contributed by atoms with Crippen molar-refractivity contribution in [3.05, 3.63) is 29.8 Å². The summed E-state index contributed by atoms with van der Waals surface area (Å²) in [7, 11) is 0. The van der Waals surface area contributed by atoms with Gasteiger partial charge in [0.2, 0.25) is 5.91 Å². The Morgan fingerprint density at radius 1 is 1.38 bits per heavy atom. The number of likely N-dealkylation sites (tertiary alicyclic amines) is 1. The molecule has 1 aliphatic heterocycles. The molecule has 1 N–H and O–H groups in total. The molecule has 2 rings (SSSR count). The van der Waals surface area contributed by atoms with E-state index in [0.717, 1.165) is 11.3 Å². The molecule has 4 nitrogen and oxygen atoms in total. The molecule has 0 spiro atoms. The van der Waals surface area contributed by atoms with Gasteiger partial charge in [0.15, 0.2) is 0 Å². The highest BCUT2D eigenvalue weighted by Crippen LogP contribution is 2.29. The second-order valence-electron chi connectivity index (χ2n) is 6.08. The van der Waals surface area contributed by atoms with Crippen molar-refractivity contribution in [2.45, 2.75) is 51.7 Å². The Labute approximate surface area is 126 Å². The summed E-state index contributed by atoms with van der Waals surface area (Å²) in [4.78, 5) is 14.2. The Hall–Kier alpha value is -1.55. The average Bonchev–Trinajstić information content (AvgIpc) is 2.72. The van der Waals surface area contributed by atoms with Gasteiger partial charge in [0.05, 0.1) is 18.2 Å². The third kappa shape index (κ3) is 3.56. The molecule has 1 aromatic carbocycles. The third-order valence-corrected chi connectivity index (χ3v) is 4.30. The maximum atomic E-state index is 12.3. The molecule has 0 saturated carbocycles. The van der Waals surface area contributed by atoms with Gasteiger partial charge in [0, 0.05) is 13.0 Å². The second-order valence-corrected chi connectivity index (χ2v) is 6.08. The molecule has 0 bridgehead atoms. The van der Waals surface area contributed by atoms with E-state index in [9.17, 15) is 9.90 Å². The first-order valence-corrected chi connectivity index (χ1v) is 7.65. The predicted octanol–water partition coefficient (Wildman–Crippen LogP) is 2.39. The SMILES string of the molecule is CCOc1ccc(CCC(=O)N2CCC(O)C2(C)C)cc1. The molecule has 1 aliphatic rings. The number of carbonyl (C=O) groups is 1. The Kier molecular flexibility index (Phi) is 4.88. The predicted molar refractivity (Wildman–Crippen MR) is 82.3 cm³/mol. The summed E-state index contributed by atoms with van der Waals surface area (Å²) in [5.74, 6) is 0.974. The molecule has 0 radical (unpaired) electrons. The molecule has 116 valence electrons. The molecule has 1 amide bonds. The van der Waals surface area contributed by atoms with E-state index in [1.165, 1.54) is 0 Å². The number of ether oxygens (including phenoxy) is 1. The molecule has 1 heterocycles. The van der Waals surface area contributed by atoms with Gasteiger partial charge >= 0.3 is 0 Å². The van der Waals surface area contributed by atoms with Crippen LogP contribution in [0.5, 0.6) is 5.75 Å². The van der Waals surface area contributed by atoms with E-state index in [0.29, 0.717) is 32.4 Å². The fourth-order valence-electron chi connectivity index (χ4n) is 2.82. The van der Waals surface area contributed by atoms with Gasteiger partial charge in [-0.3, -0.25) is 4.79 Å². The second kappa shape index (κ2) is 6.48. The van der Waals surface area contributed by atoms with Gasteiger partial charge in [-0.25, -0.2) is 0 Å². The summed E-state index contributed by atoms with van der Waals surface area (Å²) in [6.45, 7) is 7.12. The smallest absolute Gasteiger partial charge is 0.223 e. The number of rotatable bonds is 5. The zero-order valence-electron chi connectivity index (χ0n) is 13.1. The number of aryl methyl sites for hydroxylation is 1. The highest BCUT2D eigenvalue weighted by atomic mass is 16.5. The van der Waals surface area contributed by atoms with Gasteiger partial charge in [-0.1, -0.05) is 12.1 Å². The van der Waals surface area contributed by atoms with Gasteiger partial charge < -0.3 is 14.7 Å². The molecular formula is C17H25NO3. The number of aliphatic hydroxyl groups is 1. The topological polar surface area (TPSA) is 49.8 Å². The minimum atomic E-state index is -0.449. The van der Waals surface area contributed by atoms with Crippen molar-refractivity contribution in [3.63, 3.8) is 0 Å². The van der Waals surface area contributed by atoms with E-state index in [-0.39, 0.29) is 5.91 Å². The van der Waals surface area contributed by atoms with E-state index >= 15 is 0 Å². The summed E-state index contributed by atoms with van der Waals surface area (Å²) < 4.78 is 5.40. The van der Waals surface area contributed by atoms with Crippen LogP contribution in [0.25, 0.3) is 0 Å². The van der Waals surface area contributed by atoms with Crippen LogP contribution in [0.3, 0.4) is 0 Å².